The van der Waals surface area contributed by atoms with Gasteiger partial charge in [-0.25, -0.2) is 0 Å². The van der Waals surface area contributed by atoms with Crippen LogP contribution in [0.15, 0.2) is 64.6 Å². The summed E-state index contributed by atoms with van der Waals surface area (Å²) < 4.78 is 34.5. The second kappa shape index (κ2) is 34.0. The van der Waals surface area contributed by atoms with E-state index in [4.69, 9.17) is 39.9 Å². The SMILES string of the molecule is CC(C)CCC(=O)O[C@@H]1[C@@H](O[C@H]2[C@H](O)[C@H](O)[C@@H](Oc3ccc(C[C@H]4NC(=O)[C@H](C(C)c5ccccc5)NC(=O)CNC(=O)[C@H](CO)NC(=O)[C@@H](C(O)C5CN=C(N)N5[C@H]5O[C@H](CO)[C@@H](O)[C@H](O)[C@@H]5O)NC(=O)[C@H](C(O)C5CN=C(N)N5)NC4=O)cc3)O[C@@H]2CO)O[C@H](CO)[C@@H](O)[C@@H]1O. The predicted molar refractivity (Wildman–Crippen MR) is 331 cm³/mol. The lowest BCUT2D eigenvalue weighted by atomic mass is 9.92. The molecular formula is C60H88N12O26. The molecule has 2 aromatic rings. The number of hydrogen-bond donors (Lipinski definition) is 22. The van der Waals surface area contributed by atoms with E-state index >= 15 is 9.59 Å². The first-order valence-corrected chi connectivity index (χ1v) is 31.7. The molecule has 544 valence electrons. The standard InChI is InChI=1S/C60H88N12O26/c1-23(2)9-14-36(78)97-50-45(84)43(82)33(21-75)95-58(50)98-49-34(22-76)96-57(48(87)46(49)85)93-27-12-10-25(11-13-27)15-28-52(89)70-38(40(79)29-16-64-59(61)68-29)55(92)71-39(41(80)31-17-65-60(62)72(31)56-47(86)44(83)42(81)32(20-74)94-56)54(91)67-30(19-73)51(88)63-18-35(77)69-37(53(90)66-28)24(3)26-7-5-4-6-8-26/h4-8,10-13,23-24,28-34,37-50,56-58,73-76,79-87H,9,14-22H2,1-3H3,(H2,62,65)(H,63,88)(H,66,90)(H,67,91)(H,69,77)(H,70,89)(H,71,92)(H3,61,64,68)/t24?,28-,29?,30+,31?,32-,33-,34-,37+,38+,39-,40?,41?,42-,43-,44+,45+,46-,47+,48+,49-,50+,56+,57+,58-/m1/s1. The molecule has 0 spiro atoms. The third kappa shape index (κ3) is 17.9. The first kappa shape index (κ1) is 76.1. The fourth-order valence-electron chi connectivity index (χ4n) is 11.9. The van der Waals surface area contributed by atoms with Gasteiger partial charge in [-0.3, -0.25) is 43.5 Å². The molecule has 2 aromatic carbocycles. The second-order valence-electron chi connectivity index (χ2n) is 25.0. The van der Waals surface area contributed by atoms with Crippen LogP contribution in [0.25, 0.3) is 0 Å². The van der Waals surface area contributed by atoms with Crippen LogP contribution in [0, 0.1) is 5.92 Å². The van der Waals surface area contributed by atoms with E-state index < -0.39 is 246 Å². The molecule has 5 unspecified atom stereocenters. The Morgan fingerprint density at radius 3 is 1.83 bits per heavy atom. The van der Waals surface area contributed by atoms with E-state index in [1.165, 1.54) is 24.3 Å². The fourth-order valence-corrected chi connectivity index (χ4v) is 11.9. The van der Waals surface area contributed by atoms with Crippen molar-refractivity contribution in [1.29, 1.82) is 0 Å². The summed E-state index contributed by atoms with van der Waals surface area (Å²) in [4.78, 5) is 109. The molecule has 6 amide bonds. The van der Waals surface area contributed by atoms with Crippen molar-refractivity contribution >= 4 is 53.3 Å². The van der Waals surface area contributed by atoms with E-state index in [-0.39, 0.29) is 36.2 Å². The average Bonchev–Trinajstić information content (AvgIpc) is 1.39. The summed E-state index contributed by atoms with van der Waals surface area (Å²) in [5.74, 6) is -9.79. The number of amides is 6. The molecule has 98 heavy (non-hydrogen) atoms. The topological polar surface area (TPSA) is 602 Å². The highest BCUT2D eigenvalue weighted by Gasteiger charge is 2.55. The summed E-state index contributed by atoms with van der Waals surface area (Å²) >= 11 is 0. The molecule has 0 saturated carbocycles. The molecule has 38 nitrogen and oxygen atoms in total. The molecule has 24 N–H and O–H groups in total. The summed E-state index contributed by atoms with van der Waals surface area (Å²) in [5.41, 5.74) is 12.8. The van der Waals surface area contributed by atoms with Gasteiger partial charge in [-0.15, -0.1) is 0 Å². The Morgan fingerprint density at radius 2 is 1.19 bits per heavy atom. The highest BCUT2D eigenvalue weighted by atomic mass is 16.7. The Hall–Kier alpha value is -7.61. The Morgan fingerprint density at radius 1 is 0.602 bits per heavy atom. The van der Waals surface area contributed by atoms with Gasteiger partial charge < -0.3 is 148 Å². The molecule has 8 rings (SSSR count). The first-order valence-electron chi connectivity index (χ1n) is 31.7. The number of aliphatic hydroxyl groups excluding tert-OH is 13. The minimum atomic E-state index is -2.36. The van der Waals surface area contributed by atoms with Crippen LogP contribution in [-0.2, 0) is 63.7 Å². The molecular weight excluding hydrogens is 1300 g/mol. The van der Waals surface area contributed by atoms with Crippen molar-refractivity contribution < 1.29 is 128 Å². The van der Waals surface area contributed by atoms with Gasteiger partial charge in [0.1, 0.15) is 115 Å². The van der Waals surface area contributed by atoms with E-state index in [1.54, 1.807) is 37.3 Å². The monoisotopic (exact) mass is 1390 g/mol. The van der Waals surface area contributed by atoms with Gasteiger partial charge in [-0.1, -0.05) is 63.2 Å². The van der Waals surface area contributed by atoms with Crippen LogP contribution in [0.1, 0.15) is 50.7 Å². The zero-order chi connectivity index (χ0) is 71.6. The minimum absolute atomic E-state index is 0.0792. The summed E-state index contributed by atoms with van der Waals surface area (Å²) in [6.07, 6.45) is -31.6. The van der Waals surface area contributed by atoms with Crippen molar-refractivity contribution in [2.24, 2.45) is 27.4 Å². The largest absolute Gasteiger partial charge is 0.462 e. The maximum atomic E-state index is 15.2. The Kier molecular flexibility index (Phi) is 26.4. The second-order valence-corrected chi connectivity index (χ2v) is 25.0. The Labute approximate surface area is 559 Å². The van der Waals surface area contributed by atoms with Crippen LogP contribution in [0.3, 0.4) is 0 Å². The lowest BCUT2D eigenvalue weighted by Gasteiger charge is -2.46. The van der Waals surface area contributed by atoms with E-state index in [1.807, 2.05) is 13.8 Å². The van der Waals surface area contributed by atoms with Crippen molar-refractivity contribution in [2.45, 2.75) is 193 Å². The molecule has 6 heterocycles. The van der Waals surface area contributed by atoms with Gasteiger partial charge in [0.05, 0.1) is 58.1 Å². The smallest absolute Gasteiger partial charge is 0.306 e. The van der Waals surface area contributed by atoms with E-state index in [2.05, 4.69) is 47.2 Å². The van der Waals surface area contributed by atoms with Crippen LogP contribution in [-0.4, -0.2) is 317 Å². The number of carbonyl (C=O) groups excluding carboxylic acids is 7. The summed E-state index contributed by atoms with van der Waals surface area (Å²) in [5, 5.41) is 159. The number of benzene rings is 2. The molecule has 0 bridgehead atoms. The number of nitrogens with two attached hydrogens (primary N) is 2. The van der Waals surface area contributed by atoms with Crippen LogP contribution in [0.4, 0.5) is 0 Å². The average molecular weight is 1390 g/mol. The van der Waals surface area contributed by atoms with Crippen molar-refractivity contribution in [3.8, 4) is 5.75 Å². The molecule has 0 aliphatic carbocycles. The van der Waals surface area contributed by atoms with Crippen molar-refractivity contribution in [2.75, 3.05) is 46.1 Å². The number of hydrogen-bond acceptors (Lipinski definition) is 32. The minimum Gasteiger partial charge on any atom is -0.462 e. The van der Waals surface area contributed by atoms with E-state index in [0.29, 0.717) is 12.0 Å². The molecule has 38 heteroatoms. The number of rotatable bonds is 21. The number of carbonyl (C=O) groups is 7. The van der Waals surface area contributed by atoms with Gasteiger partial charge in [0.25, 0.3) is 0 Å². The summed E-state index contributed by atoms with van der Waals surface area (Å²) in [7, 11) is 0. The molecule has 25 atom stereocenters. The third-order valence-corrected chi connectivity index (χ3v) is 17.7. The van der Waals surface area contributed by atoms with Gasteiger partial charge >= 0.3 is 5.97 Å². The van der Waals surface area contributed by atoms with Crippen LogP contribution in [0.5, 0.6) is 5.75 Å². The fraction of sp³-hybridized carbons (Fsp3) is 0.650. The van der Waals surface area contributed by atoms with E-state index in [0.717, 1.165) is 4.90 Å². The Balaban J connectivity index is 1.09. The zero-order valence-electron chi connectivity index (χ0n) is 53.4. The molecule has 0 aromatic heterocycles. The van der Waals surface area contributed by atoms with Crippen LogP contribution < -0.4 is 53.4 Å². The van der Waals surface area contributed by atoms with Gasteiger partial charge in [0, 0.05) is 18.8 Å². The molecule has 6 aliphatic heterocycles. The van der Waals surface area contributed by atoms with Gasteiger partial charge in [-0.2, -0.15) is 0 Å². The number of nitrogens with zero attached hydrogens (tertiary/aromatic N) is 3. The van der Waals surface area contributed by atoms with Crippen molar-refractivity contribution in [3.63, 3.8) is 0 Å². The van der Waals surface area contributed by atoms with Crippen molar-refractivity contribution in [1.82, 2.24) is 42.1 Å². The molecule has 4 saturated heterocycles. The zero-order valence-corrected chi connectivity index (χ0v) is 53.4. The van der Waals surface area contributed by atoms with Gasteiger partial charge in [0.2, 0.25) is 41.7 Å². The normalized spacial score (nSPS) is 35.7. The van der Waals surface area contributed by atoms with Gasteiger partial charge in [0.15, 0.2) is 30.5 Å². The summed E-state index contributed by atoms with van der Waals surface area (Å²) in [6, 6.07) is 0.744. The third-order valence-electron chi connectivity index (χ3n) is 17.7. The van der Waals surface area contributed by atoms with Crippen LogP contribution >= 0.6 is 0 Å². The number of aliphatic imine (C=N–C) groups is 2. The number of guanidine groups is 2. The molecule has 0 radical (unpaired) electrons. The lowest BCUT2D eigenvalue weighted by Crippen LogP contribution is -2.70. The summed E-state index contributed by atoms with van der Waals surface area (Å²) in [6.45, 7) is -0.340. The number of nitrogens with one attached hydrogen (secondary N) is 7. The van der Waals surface area contributed by atoms with Crippen molar-refractivity contribution in [3.05, 3.63) is 65.7 Å². The highest BCUT2D eigenvalue weighted by Crippen LogP contribution is 2.33. The number of ether oxygens (including phenoxy) is 6. The Bertz CT molecular complexity index is 3120. The number of esters is 1. The van der Waals surface area contributed by atoms with Gasteiger partial charge in [-0.05, 0) is 35.6 Å². The maximum absolute atomic E-state index is 15.2. The first-order chi connectivity index (χ1) is 46.6. The van der Waals surface area contributed by atoms with E-state index in [9.17, 15) is 90.4 Å². The lowest BCUT2D eigenvalue weighted by molar-refractivity contribution is -0.353. The molecule has 6 aliphatic rings. The highest BCUT2D eigenvalue weighted by molar-refractivity contribution is 5.98. The molecule has 4 fully saturated rings. The number of aliphatic hydroxyl groups is 13. The predicted octanol–water partition coefficient (Wildman–Crippen LogP) is -11.6. The maximum Gasteiger partial charge on any atom is 0.306 e. The quantitative estimate of drug-likeness (QED) is 0.0516. The van der Waals surface area contributed by atoms with Crippen LogP contribution in [0.2, 0.25) is 0 Å².